The molecule has 0 amide bonds. The predicted molar refractivity (Wildman–Crippen MR) is 79.9 cm³/mol. The first-order valence-electron chi connectivity index (χ1n) is 6.47. The molecule has 22 heavy (non-hydrogen) atoms. The predicted octanol–water partition coefficient (Wildman–Crippen LogP) is 2.77. The molecule has 1 atom stereocenters. The minimum atomic E-state index is -3.52. The van der Waals surface area contributed by atoms with Gasteiger partial charge in [-0.3, -0.25) is 0 Å². The average Bonchev–Trinajstić information content (AvgIpc) is 3.17. The van der Waals surface area contributed by atoms with Crippen molar-refractivity contribution in [2.24, 2.45) is 0 Å². The average molecular weight is 339 g/mol. The molecule has 9 heteroatoms. The van der Waals surface area contributed by atoms with Crippen molar-refractivity contribution in [1.82, 2.24) is 15.3 Å². The van der Waals surface area contributed by atoms with Gasteiger partial charge in [-0.15, -0.1) is 11.3 Å². The van der Waals surface area contributed by atoms with E-state index in [2.05, 4.69) is 15.3 Å². The van der Waals surface area contributed by atoms with Crippen LogP contribution in [0.5, 0.6) is 0 Å². The summed E-state index contributed by atoms with van der Waals surface area (Å²) in [6.45, 7) is 3.23. The molecule has 0 aliphatic carbocycles. The van der Waals surface area contributed by atoms with Crippen LogP contribution in [0, 0.1) is 6.92 Å². The van der Waals surface area contributed by atoms with Crippen LogP contribution in [0.15, 0.2) is 32.6 Å². The third kappa shape index (κ3) is 2.95. The van der Waals surface area contributed by atoms with Gasteiger partial charge in [-0.25, -0.2) is 8.42 Å². The Hall–Kier alpha value is -2.00. The van der Waals surface area contributed by atoms with Crippen molar-refractivity contribution in [1.29, 1.82) is 0 Å². The Balaban J connectivity index is 1.82. The highest BCUT2D eigenvalue weighted by molar-refractivity contribution is 7.90. The Bertz CT molecular complexity index is 865. The lowest BCUT2D eigenvalue weighted by molar-refractivity contribution is 0.376. The molecule has 3 heterocycles. The SMILES string of the molecule is Cc1cc(CS(=O)(=O)[C@@H](C)c2nc(-c3cccs3)no2)no1. The van der Waals surface area contributed by atoms with E-state index in [0.29, 0.717) is 17.3 Å². The molecule has 7 nitrogen and oxygen atoms in total. The Morgan fingerprint density at radius 2 is 2.14 bits per heavy atom. The van der Waals surface area contributed by atoms with Crippen LogP contribution >= 0.6 is 11.3 Å². The fourth-order valence-corrected chi connectivity index (χ4v) is 3.73. The first kappa shape index (κ1) is 14.9. The first-order chi connectivity index (χ1) is 10.5. The summed E-state index contributed by atoms with van der Waals surface area (Å²) in [6, 6.07) is 5.30. The second kappa shape index (κ2) is 5.65. The standard InChI is InChI=1S/C13H13N3O4S2/c1-8-6-10(15-19-8)7-22(17,18)9(2)13-14-12(16-20-13)11-4-3-5-21-11/h3-6,9H,7H2,1-2H3/t9-/m0/s1. The van der Waals surface area contributed by atoms with Crippen molar-refractivity contribution in [3.8, 4) is 10.7 Å². The van der Waals surface area contributed by atoms with Crippen LogP contribution in [0.25, 0.3) is 10.7 Å². The zero-order valence-electron chi connectivity index (χ0n) is 11.9. The molecular weight excluding hydrogens is 326 g/mol. The second-order valence-electron chi connectivity index (χ2n) is 4.81. The van der Waals surface area contributed by atoms with Crippen LogP contribution in [0.2, 0.25) is 0 Å². The largest absolute Gasteiger partial charge is 0.361 e. The number of thiophene rings is 1. The van der Waals surface area contributed by atoms with E-state index in [0.717, 1.165) is 4.88 Å². The third-order valence-electron chi connectivity index (χ3n) is 3.10. The highest BCUT2D eigenvalue weighted by atomic mass is 32.2. The van der Waals surface area contributed by atoms with Gasteiger partial charge in [0.2, 0.25) is 11.7 Å². The van der Waals surface area contributed by atoms with Gasteiger partial charge in [0.25, 0.3) is 0 Å². The van der Waals surface area contributed by atoms with E-state index in [1.807, 2.05) is 17.5 Å². The normalized spacial score (nSPS) is 13.4. The molecule has 0 spiro atoms. The summed E-state index contributed by atoms with van der Waals surface area (Å²) < 4.78 is 34.8. The number of rotatable bonds is 5. The topological polar surface area (TPSA) is 99.1 Å². The molecule has 3 aromatic heterocycles. The molecule has 0 N–H and O–H groups in total. The molecule has 0 fully saturated rings. The summed E-state index contributed by atoms with van der Waals surface area (Å²) in [5, 5.41) is 8.51. The lowest BCUT2D eigenvalue weighted by atomic mass is 10.4. The van der Waals surface area contributed by atoms with Gasteiger partial charge in [-0.2, -0.15) is 4.98 Å². The van der Waals surface area contributed by atoms with E-state index in [4.69, 9.17) is 9.05 Å². The molecular formula is C13H13N3O4S2. The van der Waals surface area contributed by atoms with Crippen molar-refractivity contribution in [2.75, 3.05) is 0 Å². The lowest BCUT2D eigenvalue weighted by Gasteiger charge is -2.06. The van der Waals surface area contributed by atoms with E-state index < -0.39 is 15.1 Å². The van der Waals surface area contributed by atoms with Gasteiger partial charge in [-0.05, 0) is 25.3 Å². The zero-order valence-corrected chi connectivity index (χ0v) is 13.5. The minimum Gasteiger partial charge on any atom is -0.361 e. The Morgan fingerprint density at radius 1 is 1.32 bits per heavy atom. The monoisotopic (exact) mass is 339 g/mol. The van der Waals surface area contributed by atoms with Crippen molar-refractivity contribution in [3.63, 3.8) is 0 Å². The van der Waals surface area contributed by atoms with Crippen molar-refractivity contribution < 1.29 is 17.5 Å². The maximum Gasteiger partial charge on any atom is 0.245 e. The van der Waals surface area contributed by atoms with Gasteiger partial charge in [-0.1, -0.05) is 16.4 Å². The van der Waals surface area contributed by atoms with E-state index in [1.54, 1.807) is 13.0 Å². The van der Waals surface area contributed by atoms with Gasteiger partial charge in [0, 0.05) is 6.07 Å². The van der Waals surface area contributed by atoms with Crippen LogP contribution < -0.4 is 0 Å². The van der Waals surface area contributed by atoms with Crippen molar-refractivity contribution >= 4 is 21.2 Å². The third-order valence-corrected chi connectivity index (χ3v) is 5.94. The van der Waals surface area contributed by atoms with E-state index in [1.165, 1.54) is 18.3 Å². The van der Waals surface area contributed by atoms with E-state index in [9.17, 15) is 8.42 Å². The molecule has 0 saturated carbocycles. The lowest BCUT2D eigenvalue weighted by Crippen LogP contribution is -2.13. The number of nitrogens with zero attached hydrogens (tertiary/aromatic N) is 3. The first-order valence-corrected chi connectivity index (χ1v) is 9.06. The van der Waals surface area contributed by atoms with Crippen LogP contribution in [0.3, 0.4) is 0 Å². The molecule has 0 aliphatic heterocycles. The maximum absolute atomic E-state index is 12.4. The molecule has 0 bridgehead atoms. The van der Waals surface area contributed by atoms with Crippen molar-refractivity contribution in [3.05, 3.63) is 40.9 Å². The molecule has 0 aromatic carbocycles. The summed E-state index contributed by atoms with van der Waals surface area (Å²) in [6.07, 6.45) is 0. The summed E-state index contributed by atoms with van der Waals surface area (Å²) in [5.74, 6) is 0.797. The van der Waals surface area contributed by atoms with Crippen LogP contribution in [0.1, 0.15) is 29.5 Å². The number of aromatic nitrogens is 3. The molecule has 116 valence electrons. The van der Waals surface area contributed by atoms with Crippen LogP contribution in [-0.2, 0) is 15.6 Å². The van der Waals surface area contributed by atoms with E-state index in [-0.39, 0.29) is 11.6 Å². The number of hydrogen-bond donors (Lipinski definition) is 0. The summed E-state index contributed by atoms with van der Waals surface area (Å²) in [5.41, 5.74) is 0.363. The Labute approximate surface area is 130 Å². The molecule has 0 saturated heterocycles. The summed E-state index contributed by atoms with van der Waals surface area (Å²) in [7, 11) is -3.52. The molecule has 0 unspecified atom stereocenters. The maximum atomic E-state index is 12.4. The van der Waals surface area contributed by atoms with Crippen molar-refractivity contribution in [2.45, 2.75) is 24.9 Å². The Morgan fingerprint density at radius 3 is 2.77 bits per heavy atom. The zero-order chi connectivity index (χ0) is 15.7. The van der Waals surface area contributed by atoms with Crippen LogP contribution in [-0.4, -0.2) is 23.7 Å². The second-order valence-corrected chi connectivity index (χ2v) is 8.08. The molecule has 3 aromatic rings. The quantitative estimate of drug-likeness (QED) is 0.704. The van der Waals surface area contributed by atoms with Gasteiger partial charge in [0.05, 0.1) is 16.3 Å². The molecule has 0 radical (unpaired) electrons. The minimum absolute atomic E-state index is 0.0728. The summed E-state index contributed by atoms with van der Waals surface area (Å²) >= 11 is 1.46. The number of aryl methyl sites for hydroxylation is 1. The fourth-order valence-electron chi connectivity index (χ4n) is 1.88. The Kier molecular flexibility index (Phi) is 3.83. The van der Waals surface area contributed by atoms with Gasteiger partial charge < -0.3 is 9.05 Å². The van der Waals surface area contributed by atoms with E-state index >= 15 is 0 Å². The molecule has 3 rings (SSSR count). The number of hydrogen-bond acceptors (Lipinski definition) is 8. The highest BCUT2D eigenvalue weighted by Gasteiger charge is 2.29. The molecule has 0 aliphatic rings. The fraction of sp³-hybridized carbons (Fsp3) is 0.308. The van der Waals surface area contributed by atoms with Gasteiger partial charge in [0.15, 0.2) is 9.84 Å². The number of sulfone groups is 1. The summed E-state index contributed by atoms with van der Waals surface area (Å²) in [4.78, 5) is 5.00. The smallest absolute Gasteiger partial charge is 0.245 e. The highest BCUT2D eigenvalue weighted by Crippen LogP contribution is 2.27. The van der Waals surface area contributed by atoms with Gasteiger partial charge >= 0.3 is 0 Å². The van der Waals surface area contributed by atoms with Crippen LogP contribution in [0.4, 0.5) is 0 Å². The van der Waals surface area contributed by atoms with Gasteiger partial charge in [0.1, 0.15) is 11.0 Å².